The fourth-order valence-electron chi connectivity index (χ4n) is 1.86. The van der Waals surface area contributed by atoms with Crippen molar-refractivity contribution >= 4 is 59.4 Å². The van der Waals surface area contributed by atoms with Crippen LogP contribution in [0.3, 0.4) is 0 Å². The largest absolute Gasteiger partial charge is 0.506 e. The van der Waals surface area contributed by atoms with Gasteiger partial charge in [0, 0.05) is 10.2 Å². The molecule has 0 spiro atoms. The number of phenols is 1. The van der Waals surface area contributed by atoms with Crippen molar-refractivity contribution < 1.29 is 27.9 Å². The van der Waals surface area contributed by atoms with Crippen molar-refractivity contribution in [1.82, 2.24) is 0 Å². The lowest BCUT2D eigenvalue weighted by Gasteiger charge is -2.09. The number of anilines is 1. The summed E-state index contributed by atoms with van der Waals surface area (Å²) >= 11 is 6.27. The molecule has 8 nitrogen and oxygen atoms in total. The number of carbonyl (C=O) groups excluding carboxylic acids is 2. The van der Waals surface area contributed by atoms with Gasteiger partial charge in [-0.2, -0.15) is 0 Å². The SMILES string of the molecule is NS(=O)(=O)c1ccc(NC(=O)COC(=O)c2cc(Br)cc(Br)c2O)cc1. The molecule has 26 heavy (non-hydrogen) atoms. The van der Waals surface area contributed by atoms with Gasteiger partial charge in [0.15, 0.2) is 6.61 Å². The van der Waals surface area contributed by atoms with Gasteiger partial charge >= 0.3 is 5.97 Å². The molecule has 0 radical (unpaired) electrons. The van der Waals surface area contributed by atoms with E-state index in [-0.39, 0.29) is 16.2 Å². The number of esters is 1. The highest BCUT2D eigenvalue weighted by atomic mass is 79.9. The molecule has 0 saturated heterocycles. The molecular formula is C15H12Br2N2O6S. The summed E-state index contributed by atoms with van der Waals surface area (Å²) in [6, 6.07) is 8.05. The van der Waals surface area contributed by atoms with Crippen LogP contribution in [0.25, 0.3) is 0 Å². The Balaban J connectivity index is 1.98. The van der Waals surface area contributed by atoms with E-state index in [0.29, 0.717) is 14.6 Å². The van der Waals surface area contributed by atoms with Gasteiger partial charge in [-0.05, 0) is 52.3 Å². The van der Waals surface area contributed by atoms with Crippen LogP contribution >= 0.6 is 31.9 Å². The van der Waals surface area contributed by atoms with E-state index in [9.17, 15) is 23.1 Å². The molecule has 0 atom stereocenters. The average Bonchev–Trinajstić information content (AvgIpc) is 2.55. The summed E-state index contributed by atoms with van der Waals surface area (Å²) in [4.78, 5) is 23.7. The monoisotopic (exact) mass is 506 g/mol. The number of benzene rings is 2. The van der Waals surface area contributed by atoms with Gasteiger partial charge in [0.2, 0.25) is 10.0 Å². The second-order valence-corrected chi connectivity index (χ2v) is 8.31. The minimum absolute atomic E-state index is 0.0994. The van der Waals surface area contributed by atoms with E-state index in [1.165, 1.54) is 30.3 Å². The van der Waals surface area contributed by atoms with Crippen molar-refractivity contribution in [2.45, 2.75) is 4.90 Å². The smallest absolute Gasteiger partial charge is 0.342 e. The van der Waals surface area contributed by atoms with E-state index in [1.54, 1.807) is 6.07 Å². The summed E-state index contributed by atoms with van der Waals surface area (Å²) < 4.78 is 28.0. The maximum atomic E-state index is 12.0. The third-order valence-corrected chi connectivity index (χ3v) is 5.04. The van der Waals surface area contributed by atoms with Gasteiger partial charge in [-0.15, -0.1) is 0 Å². The van der Waals surface area contributed by atoms with Gasteiger partial charge in [0.25, 0.3) is 5.91 Å². The number of rotatable bonds is 5. The number of primary sulfonamides is 1. The average molecular weight is 508 g/mol. The van der Waals surface area contributed by atoms with Crippen molar-refractivity contribution in [3.63, 3.8) is 0 Å². The molecule has 1 amide bonds. The number of ether oxygens (including phenoxy) is 1. The third-order valence-electron chi connectivity index (χ3n) is 3.05. The Morgan fingerprint density at radius 2 is 1.77 bits per heavy atom. The molecule has 2 aromatic carbocycles. The highest BCUT2D eigenvalue weighted by molar-refractivity contribution is 9.11. The van der Waals surface area contributed by atoms with Crippen LogP contribution in [0.15, 0.2) is 50.2 Å². The van der Waals surface area contributed by atoms with Crippen LogP contribution in [0.1, 0.15) is 10.4 Å². The van der Waals surface area contributed by atoms with E-state index in [2.05, 4.69) is 37.2 Å². The molecule has 0 saturated carbocycles. The molecule has 0 unspecified atom stereocenters. The van der Waals surface area contributed by atoms with Crippen molar-refractivity contribution in [3.8, 4) is 5.75 Å². The van der Waals surface area contributed by atoms with E-state index >= 15 is 0 Å². The summed E-state index contributed by atoms with van der Waals surface area (Å²) in [5.41, 5.74) is 0.183. The second-order valence-electron chi connectivity index (χ2n) is 4.98. The van der Waals surface area contributed by atoms with Gasteiger partial charge in [0.1, 0.15) is 11.3 Å². The second kappa shape index (κ2) is 8.16. The maximum absolute atomic E-state index is 12.0. The first-order chi connectivity index (χ1) is 12.1. The fourth-order valence-corrected chi connectivity index (χ4v) is 3.60. The van der Waals surface area contributed by atoms with Crippen LogP contribution in [0.2, 0.25) is 0 Å². The predicted molar refractivity (Wildman–Crippen MR) is 100 cm³/mol. The van der Waals surface area contributed by atoms with Gasteiger partial charge < -0.3 is 15.2 Å². The van der Waals surface area contributed by atoms with Crippen LogP contribution < -0.4 is 10.5 Å². The van der Waals surface area contributed by atoms with Gasteiger partial charge in [-0.3, -0.25) is 4.79 Å². The Hall–Kier alpha value is -1.95. The van der Waals surface area contributed by atoms with Crippen LogP contribution in [0, 0.1) is 0 Å². The Bertz CT molecular complexity index is 961. The van der Waals surface area contributed by atoms with Gasteiger partial charge in [0.05, 0.1) is 9.37 Å². The first-order valence-electron chi connectivity index (χ1n) is 6.86. The van der Waals surface area contributed by atoms with E-state index in [1.807, 2.05) is 0 Å². The maximum Gasteiger partial charge on any atom is 0.342 e. The molecule has 0 aliphatic heterocycles. The lowest BCUT2D eigenvalue weighted by molar-refractivity contribution is -0.119. The number of aromatic hydroxyl groups is 1. The zero-order valence-corrected chi connectivity index (χ0v) is 16.9. The number of sulfonamides is 1. The summed E-state index contributed by atoms with van der Waals surface area (Å²) in [6.07, 6.45) is 0. The van der Waals surface area contributed by atoms with Crippen molar-refractivity contribution in [1.29, 1.82) is 0 Å². The zero-order valence-electron chi connectivity index (χ0n) is 12.9. The number of nitrogens with one attached hydrogen (secondary N) is 1. The molecule has 0 bridgehead atoms. The van der Waals surface area contributed by atoms with Gasteiger partial charge in [-0.25, -0.2) is 18.4 Å². The number of phenolic OH excluding ortho intramolecular Hbond substituents is 1. The van der Waals surface area contributed by atoms with Crippen molar-refractivity contribution in [2.24, 2.45) is 5.14 Å². The highest BCUT2D eigenvalue weighted by Gasteiger charge is 2.17. The topological polar surface area (TPSA) is 136 Å². The first kappa shape index (κ1) is 20.4. The molecule has 11 heteroatoms. The van der Waals surface area contributed by atoms with Gasteiger partial charge in [-0.1, -0.05) is 15.9 Å². The molecule has 2 aromatic rings. The molecule has 0 aliphatic carbocycles. The quantitative estimate of drug-likeness (QED) is 0.531. The van der Waals surface area contributed by atoms with Crippen LogP contribution in [0.4, 0.5) is 5.69 Å². The molecule has 0 aromatic heterocycles. The van der Waals surface area contributed by atoms with E-state index in [4.69, 9.17) is 9.88 Å². The summed E-state index contributed by atoms with van der Waals surface area (Å²) in [7, 11) is -3.82. The summed E-state index contributed by atoms with van der Waals surface area (Å²) in [5, 5.41) is 17.3. The lowest BCUT2D eigenvalue weighted by Crippen LogP contribution is -2.21. The van der Waals surface area contributed by atoms with Crippen LogP contribution in [-0.2, 0) is 19.6 Å². The lowest BCUT2D eigenvalue weighted by atomic mass is 10.2. The molecule has 4 N–H and O–H groups in total. The Morgan fingerprint density at radius 3 is 2.35 bits per heavy atom. The van der Waals surface area contributed by atoms with Crippen LogP contribution in [-0.4, -0.2) is 32.0 Å². The number of hydrogen-bond donors (Lipinski definition) is 3. The first-order valence-corrected chi connectivity index (χ1v) is 9.99. The number of carbonyl (C=O) groups is 2. The number of halogens is 2. The third kappa shape index (κ3) is 5.27. The number of nitrogens with two attached hydrogens (primary N) is 1. The minimum atomic E-state index is -3.82. The van der Waals surface area contributed by atoms with E-state index in [0.717, 1.165) is 0 Å². The molecule has 0 heterocycles. The van der Waals surface area contributed by atoms with Crippen molar-refractivity contribution in [3.05, 3.63) is 50.9 Å². The zero-order chi connectivity index (χ0) is 19.5. The highest BCUT2D eigenvalue weighted by Crippen LogP contribution is 2.32. The van der Waals surface area contributed by atoms with Crippen LogP contribution in [0.5, 0.6) is 5.75 Å². The van der Waals surface area contributed by atoms with E-state index < -0.39 is 28.5 Å². The Morgan fingerprint density at radius 1 is 1.15 bits per heavy atom. The minimum Gasteiger partial charge on any atom is -0.506 e. The molecule has 0 fully saturated rings. The number of hydrogen-bond acceptors (Lipinski definition) is 6. The molecular weight excluding hydrogens is 496 g/mol. The molecule has 0 aliphatic rings. The fraction of sp³-hybridized carbons (Fsp3) is 0.0667. The molecule has 2 rings (SSSR count). The number of amides is 1. The summed E-state index contributed by atoms with van der Waals surface area (Å²) in [5.74, 6) is -1.84. The summed E-state index contributed by atoms with van der Waals surface area (Å²) in [6.45, 7) is -0.598. The van der Waals surface area contributed by atoms with Crippen molar-refractivity contribution in [2.75, 3.05) is 11.9 Å². The Kier molecular flexibility index (Phi) is 6.39. The Labute approximate surface area is 165 Å². The molecule has 138 valence electrons. The standard InChI is InChI=1S/C15H12Br2N2O6S/c16-8-5-11(14(21)12(17)6-8)15(22)25-7-13(20)19-9-1-3-10(4-2-9)26(18,23)24/h1-6,21H,7H2,(H,19,20)(H2,18,23,24). The normalized spacial score (nSPS) is 11.0. The predicted octanol–water partition coefficient (Wildman–Crippen LogP) is 2.36.